The molecule has 0 radical (unpaired) electrons. The van der Waals surface area contributed by atoms with Crippen molar-refractivity contribution >= 4 is 11.9 Å². The zero-order valence-corrected chi connectivity index (χ0v) is 10.7. The molecule has 0 amide bonds. The quantitative estimate of drug-likeness (QED) is 0.441. The number of aliphatic hydroxyl groups is 2. The maximum Gasteiger partial charge on any atom is 0.303 e. The van der Waals surface area contributed by atoms with Gasteiger partial charge in [0.25, 0.3) is 0 Å². The number of aliphatic carboxylic acids is 2. The van der Waals surface area contributed by atoms with Gasteiger partial charge in [-0.1, -0.05) is 12.8 Å². The highest BCUT2D eigenvalue weighted by molar-refractivity contribution is 5.67. The van der Waals surface area contributed by atoms with Gasteiger partial charge in [0.2, 0.25) is 0 Å². The monoisotopic (exact) mass is 264 g/mol. The second-order valence-corrected chi connectivity index (χ2v) is 3.86. The Morgan fingerprint density at radius 3 is 1.17 bits per heavy atom. The molecular weight excluding hydrogens is 240 g/mol. The van der Waals surface area contributed by atoms with Crippen LogP contribution in [0.25, 0.3) is 0 Å². The van der Waals surface area contributed by atoms with Gasteiger partial charge in [0.15, 0.2) is 0 Å². The fraction of sp³-hybridized carbons (Fsp3) is 0.833. The summed E-state index contributed by atoms with van der Waals surface area (Å²) in [6, 6.07) is 0. The van der Waals surface area contributed by atoms with Crippen LogP contribution in [-0.2, 0) is 9.59 Å². The molecule has 0 aromatic rings. The van der Waals surface area contributed by atoms with Crippen LogP contribution in [-0.4, -0.2) is 45.6 Å². The fourth-order valence-electron chi connectivity index (χ4n) is 1.13. The molecule has 0 aliphatic carbocycles. The van der Waals surface area contributed by atoms with E-state index in [1.54, 1.807) is 0 Å². The number of carboxylic acid groups (broad SMARTS) is 2. The van der Waals surface area contributed by atoms with Gasteiger partial charge in [0.05, 0.1) is 0 Å². The summed E-state index contributed by atoms with van der Waals surface area (Å²) < 4.78 is 0. The zero-order chi connectivity index (χ0) is 14.2. The normalized spacial score (nSPS) is 9.44. The highest BCUT2D eigenvalue weighted by Gasteiger charge is 1.99. The van der Waals surface area contributed by atoms with Crippen molar-refractivity contribution in [2.75, 3.05) is 13.2 Å². The van der Waals surface area contributed by atoms with Gasteiger partial charge in [-0.25, -0.2) is 0 Å². The Kier molecular flexibility index (Phi) is 16.9. The van der Waals surface area contributed by atoms with E-state index in [-0.39, 0.29) is 26.1 Å². The van der Waals surface area contributed by atoms with Gasteiger partial charge in [-0.15, -0.1) is 0 Å². The zero-order valence-electron chi connectivity index (χ0n) is 10.7. The highest BCUT2D eigenvalue weighted by atomic mass is 16.4. The van der Waals surface area contributed by atoms with Crippen molar-refractivity contribution < 1.29 is 30.0 Å². The Hall–Kier alpha value is -1.14. The molecular formula is C12H24O6. The summed E-state index contributed by atoms with van der Waals surface area (Å²) in [4.78, 5) is 19.8. The lowest BCUT2D eigenvalue weighted by molar-refractivity contribution is -0.139. The first kappa shape index (κ1) is 19.2. The van der Waals surface area contributed by atoms with Crippen molar-refractivity contribution in [3.63, 3.8) is 0 Å². The van der Waals surface area contributed by atoms with Crippen molar-refractivity contribution in [2.45, 2.75) is 51.4 Å². The smallest absolute Gasteiger partial charge is 0.303 e. The summed E-state index contributed by atoms with van der Waals surface area (Å²) in [7, 11) is 0. The molecule has 0 aromatic heterocycles. The van der Waals surface area contributed by atoms with E-state index in [9.17, 15) is 9.59 Å². The summed E-state index contributed by atoms with van der Waals surface area (Å²) in [5.41, 5.74) is 0. The lowest BCUT2D eigenvalue weighted by Gasteiger charge is -1.93. The number of rotatable bonds is 10. The summed E-state index contributed by atoms with van der Waals surface area (Å²) in [5.74, 6) is -1.74. The van der Waals surface area contributed by atoms with E-state index in [0.29, 0.717) is 12.8 Å². The largest absolute Gasteiger partial charge is 0.481 e. The maximum atomic E-state index is 9.90. The second-order valence-electron chi connectivity index (χ2n) is 3.86. The van der Waals surface area contributed by atoms with Crippen LogP contribution in [0, 0.1) is 0 Å². The summed E-state index contributed by atoms with van der Waals surface area (Å²) in [6.45, 7) is 0.566. The molecule has 0 spiro atoms. The first-order valence-corrected chi connectivity index (χ1v) is 6.20. The van der Waals surface area contributed by atoms with Crippen LogP contribution in [0.1, 0.15) is 51.4 Å². The fourth-order valence-corrected chi connectivity index (χ4v) is 1.13. The summed E-state index contributed by atoms with van der Waals surface area (Å²) in [5, 5.41) is 32.9. The number of aliphatic hydroxyl groups excluding tert-OH is 2. The van der Waals surface area contributed by atoms with Gasteiger partial charge in [0.1, 0.15) is 0 Å². The van der Waals surface area contributed by atoms with Gasteiger partial charge >= 0.3 is 11.9 Å². The lowest BCUT2D eigenvalue weighted by Crippen LogP contribution is -1.97. The third-order valence-corrected chi connectivity index (χ3v) is 2.10. The Balaban J connectivity index is 0. The van der Waals surface area contributed by atoms with Crippen molar-refractivity contribution in [1.82, 2.24) is 0 Å². The van der Waals surface area contributed by atoms with Gasteiger partial charge in [-0.2, -0.15) is 0 Å². The van der Waals surface area contributed by atoms with Crippen molar-refractivity contribution in [3.8, 4) is 0 Å². The number of carbonyl (C=O) groups is 2. The first-order valence-electron chi connectivity index (χ1n) is 6.20. The van der Waals surface area contributed by atoms with E-state index in [1.807, 2.05) is 0 Å². The molecule has 108 valence electrons. The van der Waals surface area contributed by atoms with Gasteiger partial charge < -0.3 is 20.4 Å². The minimum absolute atomic E-state index is 0.0628. The van der Waals surface area contributed by atoms with Gasteiger partial charge in [-0.05, 0) is 25.7 Å². The predicted molar refractivity (Wildman–Crippen MR) is 66.4 cm³/mol. The molecule has 0 saturated heterocycles. The summed E-state index contributed by atoms with van der Waals surface area (Å²) in [6.07, 6.45) is 4.85. The molecule has 18 heavy (non-hydrogen) atoms. The average Bonchev–Trinajstić information content (AvgIpc) is 2.31. The van der Waals surface area contributed by atoms with E-state index in [0.717, 1.165) is 25.7 Å². The topological polar surface area (TPSA) is 115 Å². The second kappa shape index (κ2) is 15.9. The molecule has 0 aliphatic heterocycles. The Morgan fingerprint density at radius 2 is 0.944 bits per heavy atom. The van der Waals surface area contributed by atoms with E-state index >= 15 is 0 Å². The van der Waals surface area contributed by atoms with Crippen molar-refractivity contribution in [2.24, 2.45) is 0 Å². The molecule has 6 nitrogen and oxygen atoms in total. The number of hydrogen-bond donors (Lipinski definition) is 4. The number of hydrogen-bond acceptors (Lipinski definition) is 4. The van der Waals surface area contributed by atoms with Crippen LogP contribution in [0.2, 0.25) is 0 Å². The molecule has 0 bridgehead atoms. The molecule has 6 heteroatoms. The minimum atomic E-state index is -0.870. The van der Waals surface area contributed by atoms with Gasteiger partial charge in [-0.3, -0.25) is 9.59 Å². The molecule has 0 rings (SSSR count). The first-order chi connectivity index (χ1) is 8.54. The highest BCUT2D eigenvalue weighted by Crippen LogP contribution is 1.98. The van der Waals surface area contributed by atoms with Crippen molar-refractivity contribution in [3.05, 3.63) is 0 Å². The van der Waals surface area contributed by atoms with E-state index < -0.39 is 11.9 Å². The van der Waals surface area contributed by atoms with Crippen LogP contribution in [0.15, 0.2) is 0 Å². The van der Waals surface area contributed by atoms with Crippen LogP contribution in [0.5, 0.6) is 0 Å². The minimum Gasteiger partial charge on any atom is -0.481 e. The maximum absolute atomic E-state index is 9.90. The van der Waals surface area contributed by atoms with Crippen molar-refractivity contribution in [1.29, 1.82) is 0 Å². The third kappa shape index (κ3) is 24.2. The molecule has 4 N–H and O–H groups in total. The SMILES string of the molecule is O=C(O)CCCCC(=O)O.OCCCCCCO. The number of unbranched alkanes of at least 4 members (excludes halogenated alkanes) is 4. The average molecular weight is 264 g/mol. The molecule has 0 atom stereocenters. The molecule has 0 aromatic carbocycles. The Bertz CT molecular complexity index is 183. The van der Waals surface area contributed by atoms with E-state index in [1.165, 1.54) is 0 Å². The standard InChI is InChI=1S/C6H10O4.C6H14O2/c7-5(8)3-1-2-4-6(9)10;7-5-3-1-2-4-6-8/h1-4H2,(H,7,8)(H,9,10);7-8H,1-6H2. The van der Waals surface area contributed by atoms with Crippen LogP contribution >= 0.6 is 0 Å². The number of carboxylic acids is 2. The van der Waals surface area contributed by atoms with E-state index in [4.69, 9.17) is 20.4 Å². The van der Waals surface area contributed by atoms with E-state index in [2.05, 4.69) is 0 Å². The lowest BCUT2D eigenvalue weighted by atomic mass is 10.2. The Labute approximate surface area is 107 Å². The van der Waals surface area contributed by atoms with Gasteiger partial charge in [0, 0.05) is 26.1 Å². The van der Waals surface area contributed by atoms with Crippen LogP contribution in [0.3, 0.4) is 0 Å². The van der Waals surface area contributed by atoms with Crippen LogP contribution in [0.4, 0.5) is 0 Å². The third-order valence-electron chi connectivity index (χ3n) is 2.10. The van der Waals surface area contributed by atoms with Crippen LogP contribution < -0.4 is 0 Å². The predicted octanol–water partition coefficient (Wildman–Crippen LogP) is 1.25. The molecule has 0 fully saturated rings. The molecule has 0 saturated carbocycles. The molecule has 0 aliphatic rings. The molecule has 0 heterocycles. The Morgan fingerprint density at radius 1 is 0.611 bits per heavy atom. The summed E-state index contributed by atoms with van der Waals surface area (Å²) >= 11 is 0. The molecule has 0 unspecified atom stereocenters.